The topological polar surface area (TPSA) is 63.2 Å². The number of sulfonamides is 1. The first-order valence-corrected chi connectivity index (χ1v) is 8.19. The lowest BCUT2D eigenvalue weighted by Crippen LogP contribution is -2.26. The molecule has 102 valence electrons. The number of rotatable bonds is 4. The van der Waals surface area contributed by atoms with E-state index in [1.807, 2.05) is 0 Å². The molecule has 9 heteroatoms. The van der Waals surface area contributed by atoms with Gasteiger partial charge in [-0.1, -0.05) is 23.2 Å². The quantitative estimate of drug-likeness (QED) is 0.804. The molecule has 0 unspecified atom stereocenters. The summed E-state index contributed by atoms with van der Waals surface area (Å²) < 4.78 is 25.7. The largest absolute Gasteiger partial charge is 0.248 e. The van der Waals surface area contributed by atoms with Crippen LogP contribution in [0, 0.1) is 0 Å². The lowest BCUT2D eigenvalue weighted by molar-refractivity contribution is 0.462. The van der Waals surface area contributed by atoms with Gasteiger partial charge in [-0.3, -0.25) is 0 Å². The Hall–Kier alpha value is -0.730. The molecular weight excluding hydrogens is 329 g/mol. The number of thiazole rings is 1. The molecule has 5 nitrogen and oxygen atoms in total. The van der Waals surface area contributed by atoms with Gasteiger partial charge in [0.25, 0.3) is 0 Å². The molecule has 19 heavy (non-hydrogen) atoms. The molecule has 0 radical (unpaired) electrons. The maximum absolute atomic E-state index is 12.3. The van der Waals surface area contributed by atoms with E-state index in [2.05, 4.69) is 9.97 Å². The van der Waals surface area contributed by atoms with Crippen LogP contribution in [-0.4, -0.2) is 29.7 Å². The molecule has 0 aliphatic heterocycles. The van der Waals surface area contributed by atoms with Gasteiger partial charge in [-0.05, 0) is 6.07 Å². The molecule has 0 bridgehead atoms. The Bertz CT molecular complexity index is 674. The SMILES string of the molecule is CN(Cc1cscn1)S(=O)(=O)c1cnc(Cl)c(Cl)c1. The first-order valence-electron chi connectivity index (χ1n) is 5.05. The molecule has 2 aromatic rings. The zero-order chi connectivity index (χ0) is 14.0. The van der Waals surface area contributed by atoms with Crippen molar-refractivity contribution >= 4 is 44.6 Å². The normalized spacial score (nSPS) is 12.0. The number of hydrogen-bond acceptors (Lipinski definition) is 5. The second-order valence-corrected chi connectivity index (χ2v) is 7.21. The summed E-state index contributed by atoms with van der Waals surface area (Å²) in [5.41, 5.74) is 2.33. The monoisotopic (exact) mass is 337 g/mol. The van der Waals surface area contributed by atoms with Crippen LogP contribution in [0.3, 0.4) is 0 Å². The van der Waals surface area contributed by atoms with Crippen molar-refractivity contribution in [1.82, 2.24) is 14.3 Å². The Morgan fingerprint density at radius 1 is 1.37 bits per heavy atom. The van der Waals surface area contributed by atoms with Gasteiger partial charge in [-0.25, -0.2) is 18.4 Å². The van der Waals surface area contributed by atoms with Gasteiger partial charge >= 0.3 is 0 Å². The zero-order valence-corrected chi connectivity index (χ0v) is 12.9. The fourth-order valence-corrected chi connectivity index (χ4v) is 3.35. The summed E-state index contributed by atoms with van der Waals surface area (Å²) in [5, 5.41) is 1.96. The summed E-state index contributed by atoms with van der Waals surface area (Å²) in [6, 6.07) is 1.28. The molecule has 0 spiro atoms. The van der Waals surface area contributed by atoms with Crippen LogP contribution in [0.1, 0.15) is 5.69 Å². The first-order chi connectivity index (χ1) is 8.91. The molecule has 0 N–H and O–H groups in total. The standard InChI is InChI=1S/C10H9Cl2N3O2S2/c1-15(4-7-5-18-6-14-7)19(16,17)8-2-9(11)10(12)13-3-8/h2-3,5-6H,4H2,1H3. The maximum Gasteiger partial charge on any atom is 0.244 e. The molecule has 2 rings (SSSR count). The molecule has 2 heterocycles. The third-order valence-electron chi connectivity index (χ3n) is 2.35. The lowest BCUT2D eigenvalue weighted by atomic mass is 10.5. The molecule has 0 atom stereocenters. The van der Waals surface area contributed by atoms with Gasteiger partial charge in [0.2, 0.25) is 10.0 Å². The maximum atomic E-state index is 12.3. The minimum atomic E-state index is -3.66. The highest BCUT2D eigenvalue weighted by atomic mass is 35.5. The molecule has 2 aromatic heterocycles. The van der Waals surface area contributed by atoms with E-state index in [9.17, 15) is 8.42 Å². The fraction of sp³-hybridized carbons (Fsp3) is 0.200. The van der Waals surface area contributed by atoms with Gasteiger partial charge in [0.15, 0.2) is 0 Å². The molecule has 0 saturated heterocycles. The highest BCUT2D eigenvalue weighted by Gasteiger charge is 2.22. The highest BCUT2D eigenvalue weighted by molar-refractivity contribution is 7.89. The third-order valence-corrected chi connectivity index (χ3v) is 5.44. The van der Waals surface area contributed by atoms with Crippen LogP contribution in [0.5, 0.6) is 0 Å². The number of aromatic nitrogens is 2. The van der Waals surface area contributed by atoms with Crippen molar-refractivity contribution < 1.29 is 8.42 Å². The molecular formula is C10H9Cl2N3O2S2. The number of nitrogens with zero attached hydrogens (tertiary/aromatic N) is 3. The molecule has 0 aliphatic carbocycles. The van der Waals surface area contributed by atoms with Gasteiger partial charge in [-0.2, -0.15) is 4.31 Å². The van der Waals surface area contributed by atoms with Crippen molar-refractivity contribution in [1.29, 1.82) is 0 Å². The van der Waals surface area contributed by atoms with Crippen LogP contribution < -0.4 is 0 Å². The van der Waals surface area contributed by atoms with E-state index in [-0.39, 0.29) is 21.6 Å². The van der Waals surface area contributed by atoms with Crippen LogP contribution in [0.4, 0.5) is 0 Å². The fourth-order valence-electron chi connectivity index (χ4n) is 1.35. The van der Waals surface area contributed by atoms with Crippen molar-refractivity contribution in [3.63, 3.8) is 0 Å². The number of halogens is 2. The van der Waals surface area contributed by atoms with Crippen LogP contribution in [0.15, 0.2) is 28.0 Å². The van der Waals surface area contributed by atoms with Gasteiger partial charge < -0.3 is 0 Å². The Kier molecular flexibility index (Phi) is 4.42. The summed E-state index contributed by atoms with van der Waals surface area (Å²) in [6.45, 7) is 0.187. The zero-order valence-electron chi connectivity index (χ0n) is 9.75. The smallest absolute Gasteiger partial charge is 0.244 e. The first kappa shape index (κ1) is 14.7. The van der Waals surface area contributed by atoms with Crippen LogP contribution in [0.2, 0.25) is 10.2 Å². The van der Waals surface area contributed by atoms with Crippen molar-refractivity contribution in [2.24, 2.45) is 0 Å². The van der Waals surface area contributed by atoms with Crippen molar-refractivity contribution in [2.45, 2.75) is 11.4 Å². The predicted octanol–water partition coefficient (Wildman–Crippen LogP) is 2.67. The molecule has 0 aliphatic rings. The van der Waals surface area contributed by atoms with Crippen LogP contribution >= 0.6 is 34.5 Å². The molecule has 0 saturated carbocycles. The van der Waals surface area contributed by atoms with Gasteiger partial charge in [0.1, 0.15) is 10.0 Å². The van der Waals surface area contributed by atoms with E-state index in [4.69, 9.17) is 23.2 Å². The summed E-state index contributed by atoms with van der Waals surface area (Å²) >= 11 is 12.9. The van der Waals surface area contributed by atoms with Gasteiger partial charge in [0.05, 0.1) is 22.8 Å². The van der Waals surface area contributed by atoms with E-state index in [1.54, 1.807) is 10.9 Å². The Morgan fingerprint density at radius 2 is 2.11 bits per heavy atom. The number of pyridine rings is 1. The van der Waals surface area contributed by atoms with Crippen LogP contribution in [0.25, 0.3) is 0 Å². The molecule has 0 amide bonds. The third kappa shape index (κ3) is 3.24. The summed E-state index contributed by atoms with van der Waals surface area (Å²) in [4.78, 5) is 7.78. The van der Waals surface area contributed by atoms with Gasteiger partial charge in [-0.15, -0.1) is 11.3 Å². The Labute approximate surface area is 124 Å². The summed E-state index contributed by atoms with van der Waals surface area (Å²) in [5.74, 6) is 0. The second-order valence-electron chi connectivity index (χ2n) is 3.68. The van der Waals surface area contributed by atoms with Crippen LogP contribution in [-0.2, 0) is 16.6 Å². The average molecular weight is 338 g/mol. The summed E-state index contributed by atoms with van der Waals surface area (Å²) in [7, 11) is -2.19. The van der Waals surface area contributed by atoms with E-state index >= 15 is 0 Å². The lowest BCUT2D eigenvalue weighted by Gasteiger charge is -2.16. The van der Waals surface area contributed by atoms with Crippen molar-refractivity contribution in [3.8, 4) is 0 Å². The molecule has 0 aromatic carbocycles. The molecule has 0 fully saturated rings. The van der Waals surface area contributed by atoms with E-state index < -0.39 is 10.0 Å². The van der Waals surface area contributed by atoms with Crippen molar-refractivity contribution in [3.05, 3.63) is 39.0 Å². The minimum Gasteiger partial charge on any atom is -0.248 e. The summed E-state index contributed by atoms with van der Waals surface area (Å²) in [6.07, 6.45) is 1.18. The minimum absolute atomic E-state index is 0.000343. The van der Waals surface area contributed by atoms with Gasteiger partial charge in [0, 0.05) is 18.6 Å². The average Bonchev–Trinajstić information content (AvgIpc) is 2.85. The van der Waals surface area contributed by atoms with Crippen molar-refractivity contribution in [2.75, 3.05) is 7.05 Å². The predicted molar refractivity (Wildman–Crippen MR) is 75.0 cm³/mol. The Balaban J connectivity index is 2.28. The van der Waals surface area contributed by atoms with E-state index in [0.29, 0.717) is 5.69 Å². The second kappa shape index (κ2) is 5.72. The van der Waals surface area contributed by atoms with E-state index in [1.165, 1.54) is 35.0 Å². The highest BCUT2D eigenvalue weighted by Crippen LogP contribution is 2.24. The Morgan fingerprint density at radius 3 is 2.68 bits per heavy atom. The van der Waals surface area contributed by atoms with E-state index in [0.717, 1.165) is 0 Å². The number of hydrogen-bond donors (Lipinski definition) is 0.